The first-order chi connectivity index (χ1) is 7.13. The Morgan fingerprint density at radius 1 is 1.40 bits per heavy atom. The summed E-state index contributed by atoms with van der Waals surface area (Å²) in [7, 11) is 6.36. The number of nitrogens with zero attached hydrogens (tertiary/aromatic N) is 3. The van der Waals surface area contributed by atoms with E-state index in [1.54, 1.807) is 0 Å². The Kier molecular flexibility index (Phi) is 6.00. The van der Waals surface area contributed by atoms with Crippen LogP contribution in [-0.4, -0.2) is 66.3 Å². The number of rotatable bonds is 5. The van der Waals surface area contributed by atoms with Gasteiger partial charge in [-0.05, 0) is 27.1 Å². The molecule has 0 saturated heterocycles. The fourth-order valence-corrected chi connectivity index (χ4v) is 2.95. The summed E-state index contributed by atoms with van der Waals surface area (Å²) in [6, 6.07) is 0. The Morgan fingerprint density at radius 2 is 2.13 bits per heavy atom. The Labute approximate surface area is 105 Å². The maximum atomic E-state index is 4.55. The fraction of sp³-hybridized carbons (Fsp3) is 0.900. The van der Waals surface area contributed by atoms with Crippen molar-refractivity contribution in [1.82, 2.24) is 9.80 Å². The second-order valence-electron chi connectivity index (χ2n) is 4.10. The molecule has 0 N–H and O–H groups in total. The standard InChI is InChI=1S/C10H20BrN3S/c1-13(2)5-4-6-14(3)10-12-8-9(7-11)15-10/h9H,4-8H2,1-3H3. The lowest BCUT2D eigenvalue weighted by molar-refractivity contribution is 0.371. The monoisotopic (exact) mass is 293 g/mol. The smallest absolute Gasteiger partial charge is 0.159 e. The zero-order chi connectivity index (χ0) is 11.3. The molecule has 88 valence electrons. The van der Waals surface area contributed by atoms with Gasteiger partial charge >= 0.3 is 0 Å². The highest BCUT2D eigenvalue weighted by atomic mass is 79.9. The van der Waals surface area contributed by atoms with Gasteiger partial charge in [0, 0.05) is 24.2 Å². The summed E-state index contributed by atoms with van der Waals surface area (Å²) in [6.45, 7) is 3.20. The molecule has 1 unspecified atom stereocenters. The van der Waals surface area contributed by atoms with Crippen LogP contribution in [0.15, 0.2) is 4.99 Å². The summed E-state index contributed by atoms with van der Waals surface area (Å²) < 4.78 is 0. The summed E-state index contributed by atoms with van der Waals surface area (Å²) in [5.41, 5.74) is 0. The topological polar surface area (TPSA) is 18.8 Å². The average Bonchev–Trinajstić information content (AvgIpc) is 2.65. The summed E-state index contributed by atoms with van der Waals surface area (Å²) in [6.07, 6.45) is 1.20. The number of hydrogen-bond acceptors (Lipinski definition) is 4. The highest BCUT2D eigenvalue weighted by Gasteiger charge is 2.20. The van der Waals surface area contributed by atoms with Gasteiger partial charge in [-0.2, -0.15) is 0 Å². The highest BCUT2D eigenvalue weighted by molar-refractivity contribution is 9.09. The first kappa shape index (κ1) is 13.3. The van der Waals surface area contributed by atoms with Crippen LogP contribution in [0.3, 0.4) is 0 Å². The van der Waals surface area contributed by atoms with E-state index >= 15 is 0 Å². The van der Waals surface area contributed by atoms with Crippen LogP contribution < -0.4 is 0 Å². The van der Waals surface area contributed by atoms with Crippen molar-refractivity contribution in [3.8, 4) is 0 Å². The van der Waals surface area contributed by atoms with Crippen molar-refractivity contribution >= 4 is 32.9 Å². The van der Waals surface area contributed by atoms with E-state index in [0.717, 1.165) is 25.0 Å². The molecule has 0 aromatic carbocycles. The summed E-state index contributed by atoms with van der Waals surface area (Å²) in [5, 5.41) is 2.88. The number of aliphatic imine (C=N–C) groups is 1. The molecule has 0 fully saturated rings. The van der Waals surface area contributed by atoms with Crippen molar-refractivity contribution in [3.05, 3.63) is 0 Å². The summed E-state index contributed by atoms with van der Waals surface area (Å²) in [4.78, 5) is 9.04. The Morgan fingerprint density at radius 3 is 2.67 bits per heavy atom. The van der Waals surface area contributed by atoms with Crippen molar-refractivity contribution in [3.63, 3.8) is 0 Å². The quantitative estimate of drug-likeness (QED) is 0.720. The lowest BCUT2D eigenvalue weighted by Crippen LogP contribution is -2.27. The molecule has 0 aliphatic carbocycles. The normalized spacial score (nSPS) is 20.9. The molecule has 0 aromatic rings. The third-order valence-electron chi connectivity index (χ3n) is 2.30. The maximum Gasteiger partial charge on any atom is 0.159 e. The van der Waals surface area contributed by atoms with Gasteiger partial charge in [-0.15, -0.1) is 0 Å². The Hall–Kier alpha value is 0.260. The Balaban J connectivity index is 2.20. The predicted molar refractivity (Wildman–Crippen MR) is 73.3 cm³/mol. The second-order valence-corrected chi connectivity index (χ2v) is 6.01. The minimum Gasteiger partial charge on any atom is -0.354 e. The third kappa shape index (κ3) is 4.74. The lowest BCUT2D eigenvalue weighted by Gasteiger charge is -2.19. The summed E-state index contributed by atoms with van der Waals surface area (Å²) in [5.74, 6) is 0. The van der Waals surface area contributed by atoms with Gasteiger partial charge in [0.1, 0.15) is 0 Å². The van der Waals surface area contributed by atoms with Crippen LogP contribution in [0.4, 0.5) is 0 Å². The zero-order valence-electron chi connectivity index (χ0n) is 9.74. The van der Waals surface area contributed by atoms with Gasteiger partial charge in [0.25, 0.3) is 0 Å². The predicted octanol–water partition coefficient (Wildman–Crippen LogP) is 1.74. The van der Waals surface area contributed by atoms with Gasteiger partial charge in [0.2, 0.25) is 0 Å². The van der Waals surface area contributed by atoms with Gasteiger partial charge in [-0.1, -0.05) is 27.7 Å². The average molecular weight is 294 g/mol. The summed E-state index contributed by atoms with van der Waals surface area (Å²) >= 11 is 5.40. The molecule has 15 heavy (non-hydrogen) atoms. The van der Waals surface area contributed by atoms with Crippen molar-refractivity contribution < 1.29 is 0 Å². The Bertz CT molecular complexity index is 221. The number of halogens is 1. The first-order valence-corrected chi connectivity index (χ1v) is 7.26. The SMILES string of the molecule is CN(C)CCCN(C)C1=NCC(CBr)S1. The van der Waals surface area contributed by atoms with Gasteiger partial charge in [0.05, 0.1) is 6.54 Å². The van der Waals surface area contributed by atoms with Gasteiger partial charge < -0.3 is 9.80 Å². The van der Waals surface area contributed by atoms with Crippen LogP contribution >= 0.6 is 27.7 Å². The number of hydrogen-bond donors (Lipinski definition) is 0. The zero-order valence-corrected chi connectivity index (χ0v) is 12.1. The van der Waals surface area contributed by atoms with E-state index in [1.807, 2.05) is 11.8 Å². The minimum atomic E-state index is 0.635. The molecule has 0 aromatic heterocycles. The molecule has 0 spiro atoms. The molecule has 1 rings (SSSR count). The molecule has 3 nitrogen and oxygen atoms in total. The number of thioether (sulfide) groups is 1. The van der Waals surface area contributed by atoms with Crippen LogP contribution in [0.5, 0.6) is 0 Å². The van der Waals surface area contributed by atoms with Crippen LogP contribution in [0.25, 0.3) is 0 Å². The van der Waals surface area contributed by atoms with E-state index in [4.69, 9.17) is 0 Å². The van der Waals surface area contributed by atoms with Crippen molar-refractivity contribution in [2.45, 2.75) is 11.7 Å². The van der Waals surface area contributed by atoms with Gasteiger partial charge in [-0.3, -0.25) is 4.99 Å². The van der Waals surface area contributed by atoms with E-state index in [9.17, 15) is 0 Å². The lowest BCUT2D eigenvalue weighted by atomic mass is 10.4. The minimum absolute atomic E-state index is 0.635. The van der Waals surface area contributed by atoms with Crippen LogP contribution in [-0.2, 0) is 0 Å². The molecule has 1 aliphatic rings. The third-order valence-corrected chi connectivity index (χ3v) is 4.81. The van der Waals surface area contributed by atoms with Gasteiger partial charge in [0.15, 0.2) is 5.17 Å². The molecule has 0 bridgehead atoms. The van der Waals surface area contributed by atoms with Crippen LogP contribution in [0, 0.1) is 0 Å². The van der Waals surface area contributed by atoms with E-state index in [1.165, 1.54) is 11.6 Å². The van der Waals surface area contributed by atoms with E-state index in [2.05, 4.69) is 51.9 Å². The first-order valence-electron chi connectivity index (χ1n) is 5.26. The van der Waals surface area contributed by atoms with E-state index < -0.39 is 0 Å². The van der Waals surface area contributed by atoms with Crippen molar-refractivity contribution in [1.29, 1.82) is 0 Å². The van der Waals surface area contributed by atoms with E-state index in [0.29, 0.717) is 5.25 Å². The molecule has 1 atom stereocenters. The largest absolute Gasteiger partial charge is 0.354 e. The van der Waals surface area contributed by atoms with Crippen molar-refractivity contribution in [2.24, 2.45) is 4.99 Å². The molecular formula is C10H20BrN3S. The van der Waals surface area contributed by atoms with E-state index in [-0.39, 0.29) is 0 Å². The molecular weight excluding hydrogens is 274 g/mol. The maximum absolute atomic E-state index is 4.55. The van der Waals surface area contributed by atoms with Gasteiger partial charge in [-0.25, -0.2) is 0 Å². The number of alkyl halides is 1. The fourth-order valence-electron chi connectivity index (χ4n) is 1.41. The second kappa shape index (κ2) is 6.76. The molecule has 1 aliphatic heterocycles. The van der Waals surface area contributed by atoms with Crippen molar-refractivity contribution in [2.75, 3.05) is 46.1 Å². The highest BCUT2D eigenvalue weighted by Crippen LogP contribution is 2.24. The number of amidine groups is 1. The molecule has 0 amide bonds. The molecule has 5 heteroatoms. The van der Waals surface area contributed by atoms with Crippen LogP contribution in [0.1, 0.15) is 6.42 Å². The molecule has 1 heterocycles. The van der Waals surface area contributed by atoms with Crippen LogP contribution in [0.2, 0.25) is 0 Å². The molecule has 0 saturated carbocycles. The molecule has 0 radical (unpaired) electrons.